The van der Waals surface area contributed by atoms with Crippen LogP contribution in [0.1, 0.15) is 38.1 Å². The van der Waals surface area contributed by atoms with Crippen LogP contribution in [0.25, 0.3) is 0 Å². The molecule has 20 heavy (non-hydrogen) atoms. The van der Waals surface area contributed by atoms with Crippen LogP contribution in [-0.2, 0) is 9.31 Å². The first-order valence-corrected chi connectivity index (χ1v) is 6.80. The molecule has 0 atom stereocenters. The van der Waals surface area contributed by atoms with Crippen LogP contribution in [0.2, 0.25) is 0 Å². The molecule has 108 valence electrons. The van der Waals surface area contributed by atoms with Crippen molar-refractivity contribution in [1.82, 2.24) is 0 Å². The van der Waals surface area contributed by atoms with Crippen molar-refractivity contribution in [3.8, 4) is 0 Å². The van der Waals surface area contributed by atoms with Crippen LogP contribution in [-0.4, -0.2) is 38.7 Å². The van der Waals surface area contributed by atoms with Gasteiger partial charge in [-0.25, -0.2) is 0 Å². The van der Waals surface area contributed by atoms with Crippen molar-refractivity contribution in [3.05, 3.63) is 23.8 Å². The molecule has 0 aromatic heterocycles. The number of hydrogen-bond donors (Lipinski definition) is 0. The first-order chi connectivity index (χ1) is 9.19. The lowest BCUT2D eigenvalue weighted by Crippen LogP contribution is -2.41. The van der Waals surface area contributed by atoms with Gasteiger partial charge in [-0.3, -0.25) is 4.79 Å². The minimum absolute atomic E-state index is 0.390. The SMILES string of the molecule is CN(C)c1c(C=O)cccc1B1OC(C)(C)C(C)(C)O1. The smallest absolute Gasteiger partial charge is 0.399 e. The fraction of sp³-hybridized carbons (Fsp3) is 0.533. The number of hydrogen-bond acceptors (Lipinski definition) is 4. The van der Waals surface area contributed by atoms with Crippen molar-refractivity contribution in [2.45, 2.75) is 38.9 Å². The second kappa shape index (κ2) is 4.90. The molecule has 4 nitrogen and oxygen atoms in total. The molecule has 0 unspecified atom stereocenters. The molecule has 0 spiro atoms. The molecule has 1 aromatic rings. The number of benzene rings is 1. The van der Waals surface area contributed by atoms with E-state index in [1.54, 1.807) is 6.07 Å². The second-order valence-electron chi connectivity index (χ2n) is 6.39. The van der Waals surface area contributed by atoms with Gasteiger partial charge >= 0.3 is 7.12 Å². The summed E-state index contributed by atoms with van der Waals surface area (Å²) in [4.78, 5) is 13.2. The monoisotopic (exact) mass is 275 g/mol. The average Bonchev–Trinajstić information content (AvgIpc) is 2.57. The van der Waals surface area contributed by atoms with E-state index in [0.29, 0.717) is 5.56 Å². The largest absolute Gasteiger partial charge is 0.496 e. The molecule has 0 saturated carbocycles. The van der Waals surface area contributed by atoms with E-state index >= 15 is 0 Å². The maximum atomic E-state index is 11.2. The van der Waals surface area contributed by atoms with Crippen LogP contribution >= 0.6 is 0 Å². The van der Waals surface area contributed by atoms with E-state index in [1.807, 2.05) is 58.8 Å². The first kappa shape index (κ1) is 15.1. The van der Waals surface area contributed by atoms with E-state index in [0.717, 1.165) is 17.4 Å². The van der Waals surface area contributed by atoms with Gasteiger partial charge in [-0.1, -0.05) is 12.1 Å². The molecule has 0 aliphatic carbocycles. The van der Waals surface area contributed by atoms with Crippen molar-refractivity contribution < 1.29 is 14.1 Å². The van der Waals surface area contributed by atoms with E-state index in [9.17, 15) is 4.79 Å². The topological polar surface area (TPSA) is 38.8 Å². The van der Waals surface area contributed by atoms with Crippen LogP contribution < -0.4 is 10.4 Å². The highest BCUT2D eigenvalue weighted by molar-refractivity contribution is 6.64. The number of carbonyl (C=O) groups excluding carboxylic acids is 1. The van der Waals surface area contributed by atoms with E-state index in [1.165, 1.54) is 0 Å². The Morgan fingerprint density at radius 3 is 2.10 bits per heavy atom. The summed E-state index contributed by atoms with van der Waals surface area (Å²) < 4.78 is 12.2. The molecule has 1 aromatic carbocycles. The number of anilines is 1. The van der Waals surface area contributed by atoms with E-state index < -0.39 is 18.3 Å². The van der Waals surface area contributed by atoms with Gasteiger partial charge in [0.2, 0.25) is 0 Å². The highest BCUT2D eigenvalue weighted by atomic mass is 16.7. The Kier molecular flexibility index (Phi) is 3.69. The first-order valence-electron chi connectivity index (χ1n) is 6.80. The average molecular weight is 275 g/mol. The quantitative estimate of drug-likeness (QED) is 0.623. The van der Waals surface area contributed by atoms with Gasteiger partial charge in [-0.2, -0.15) is 0 Å². The molecule has 0 bridgehead atoms. The summed E-state index contributed by atoms with van der Waals surface area (Å²) in [7, 11) is 3.37. The summed E-state index contributed by atoms with van der Waals surface area (Å²) in [6, 6.07) is 5.61. The van der Waals surface area contributed by atoms with Crippen molar-refractivity contribution in [2.75, 3.05) is 19.0 Å². The molecule has 1 fully saturated rings. The van der Waals surface area contributed by atoms with Gasteiger partial charge in [0.1, 0.15) is 0 Å². The number of rotatable bonds is 3. The van der Waals surface area contributed by atoms with Gasteiger partial charge in [-0.15, -0.1) is 0 Å². The molecule has 0 N–H and O–H groups in total. The van der Waals surface area contributed by atoms with Crippen molar-refractivity contribution in [2.24, 2.45) is 0 Å². The predicted octanol–water partition coefficient (Wildman–Crippen LogP) is 1.86. The summed E-state index contributed by atoms with van der Waals surface area (Å²) in [6.45, 7) is 8.08. The molecule has 0 amide bonds. The van der Waals surface area contributed by atoms with E-state index in [2.05, 4.69) is 0 Å². The van der Waals surface area contributed by atoms with Gasteiger partial charge in [0, 0.05) is 30.8 Å². The summed E-state index contributed by atoms with van der Waals surface area (Å²) in [5, 5.41) is 0. The molecular formula is C15H22BNO3. The van der Waals surface area contributed by atoms with Gasteiger partial charge in [0.25, 0.3) is 0 Å². The molecule has 1 aliphatic rings. The number of nitrogens with zero attached hydrogens (tertiary/aromatic N) is 1. The standard InChI is InChI=1S/C15H22BNO3/c1-14(2)15(3,4)20-16(19-14)12-9-7-8-11(10-18)13(12)17(5)6/h7-10H,1-6H3. The van der Waals surface area contributed by atoms with Gasteiger partial charge < -0.3 is 14.2 Å². The fourth-order valence-electron chi connectivity index (χ4n) is 2.35. The summed E-state index contributed by atoms with van der Waals surface area (Å²) in [5.74, 6) is 0. The Bertz CT molecular complexity index is 510. The van der Waals surface area contributed by atoms with Gasteiger partial charge in [0.05, 0.1) is 11.2 Å². The van der Waals surface area contributed by atoms with Crippen LogP contribution in [0.3, 0.4) is 0 Å². The maximum Gasteiger partial charge on any atom is 0.496 e. The molecule has 0 radical (unpaired) electrons. The van der Waals surface area contributed by atoms with Crippen molar-refractivity contribution >= 4 is 24.6 Å². The Labute approximate surface area is 121 Å². The molecule has 1 aliphatic heterocycles. The van der Waals surface area contributed by atoms with E-state index in [-0.39, 0.29) is 0 Å². The Hall–Kier alpha value is -1.33. The zero-order valence-corrected chi connectivity index (χ0v) is 13.1. The second-order valence-corrected chi connectivity index (χ2v) is 6.39. The Morgan fingerprint density at radius 2 is 1.65 bits per heavy atom. The zero-order valence-electron chi connectivity index (χ0n) is 13.1. The summed E-state index contributed by atoms with van der Waals surface area (Å²) in [6.07, 6.45) is 0.865. The summed E-state index contributed by atoms with van der Waals surface area (Å²) >= 11 is 0. The van der Waals surface area contributed by atoms with Crippen LogP contribution in [0.4, 0.5) is 5.69 Å². The summed E-state index contributed by atoms with van der Waals surface area (Å²) in [5.41, 5.74) is 1.60. The lowest BCUT2D eigenvalue weighted by Gasteiger charge is -2.32. The Morgan fingerprint density at radius 1 is 1.10 bits per heavy atom. The van der Waals surface area contributed by atoms with Crippen LogP contribution in [0, 0.1) is 0 Å². The minimum atomic E-state index is -0.461. The third-order valence-corrected chi connectivity index (χ3v) is 4.18. The highest BCUT2D eigenvalue weighted by Gasteiger charge is 2.52. The van der Waals surface area contributed by atoms with Crippen LogP contribution in [0.15, 0.2) is 18.2 Å². The van der Waals surface area contributed by atoms with Crippen LogP contribution in [0.5, 0.6) is 0 Å². The highest BCUT2D eigenvalue weighted by Crippen LogP contribution is 2.37. The van der Waals surface area contributed by atoms with Crippen molar-refractivity contribution in [3.63, 3.8) is 0 Å². The lowest BCUT2D eigenvalue weighted by atomic mass is 9.76. The third-order valence-electron chi connectivity index (χ3n) is 4.18. The van der Waals surface area contributed by atoms with Gasteiger partial charge in [0.15, 0.2) is 6.29 Å². The molecule has 1 heterocycles. The fourth-order valence-corrected chi connectivity index (χ4v) is 2.35. The van der Waals surface area contributed by atoms with E-state index in [4.69, 9.17) is 9.31 Å². The van der Waals surface area contributed by atoms with Gasteiger partial charge in [-0.05, 0) is 33.8 Å². The molecular weight excluding hydrogens is 253 g/mol. The van der Waals surface area contributed by atoms with Crippen molar-refractivity contribution in [1.29, 1.82) is 0 Å². The molecule has 5 heteroatoms. The molecule has 1 saturated heterocycles. The Balaban J connectivity index is 2.48. The lowest BCUT2D eigenvalue weighted by molar-refractivity contribution is 0.00578. The maximum absolute atomic E-state index is 11.2. The number of aldehydes is 1. The molecule has 2 rings (SSSR count). The third kappa shape index (κ3) is 2.36. The number of para-hydroxylation sites is 1. The predicted molar refractivity (Wildman–Crippen MR) is 81.9 cm³/mol. The number of carbonyl (C=O) groups is 1. The normalized spacial score (nSPS) is 20.0. The zero-order chi connectivity index (χ0) is 15.1. The minimum Gasteiger partial charge on any atom is -0.399 e.